The number of Topliss-reactive ketones (excluding diaryl/α,β-unsaturated/α-hetero) is 1. The number of hydrogen-bond donors (Lipinski definition) is 10. The number of carbonyl (C=O) groups excluding carboxylic acids is 2. The minimum absolute atomic E-state index is 0.843. The van der Waals surface area contributed by atoms with Crippen LogP contribution in [-0.2, 0) is 18.7 Å². The molecule has 0 amide bonds. The Balaban J connectivity index is 6.07. The highest BCUT2D eigenvalue weighted by atomic mass is 31.2. The number of carbonyl (C=O) groups is 2. The highest BCUT2D eigenvalue weighted by molar-refractivity contribution is 7.46. The second-order valence-corrected chi connectivity index (χ2v) is 7.01. The van der Waals surface area contributed by atoms with Crippen LogP contribution in [0.4, 0.5) is 0 Å². The van der Waals surface area contributed by atoms with Gasteiger partial charge in [-0.25, -0.2) is 9.36 Å². The third-order valence-corrected chi connectivity index (χ3v) is 3.97. The summed E-state index contributed by atoms with van der Waals surface area (Å²) in [7, 11) is -5.69. The van der Waals surface area contributed by atoms with Crippen LogP contribution in [0.15, 0.2) is 0 Å². The molecule has 0 radical (unpaired) electrons. The van der Waals surface area contributed by atoms with Crippen LogP contribution in [0.3, 0.4) is 0 Å². The molecule has 0 aromatic rings. The van der Waals surface area contributed by atoms with Gasteiger partial charge in [0.2, 0.25) is 5.78 Å². The van der Waals surface area contributed by atoms with Gasteiger partial charge >= 0.3 is 13.8 Å². The number of aliphatic hydroxyl groups excluding tert-OH is 7. The van der Waals surface area contributed by atoms with Crippen LogP contribution >= 0.6 is 7.82 Å². The SMILES string of the molecule is C[C@H](O)[C@@H](O)[C@@H](O)[C@H](O)C(=O)[C@@](O)(C(=O)OP(=O)(O)O)[C@@H](O)[C@@H](O)[C@@H](C)O. The van der Waals surface area contributed by atoms with Crippen molar-refractivity contribution < 1.29 is 69.3 Å². The number of aliphatic hydroxyl groups is 8. The molecule has 0 aliphatic heterocycles. The normalized spacial score (nSPS) is 22.5. The average Bonchev–Trinajstić information content (AvgIpc) is 2.54. The van der Waals surface area contributed by atoms with Gasteiger partial charge in [0, 0.05) is 0 Å². The molecule has 0 bridgehead atoms. The van der Waals surface area contributed by atoms with E-state index in [0.717, 1.165) is 13.8 Å². The first-order valence-electron chi connectivity index (χ1n) is 7.31. The molecule has 0 saturated carbocycles. The summed E-state index contributed by atoms with van der Waals surface area (Å²) in [6.07, 6.45) is -16.7. The minimum Gasteiger partial charge on any atom is -0.391 e. The number of hydrogen-bond acceptors (Lipinski definition) is 12. The fraction of sp³-hybridized carbons (Fsp3) is 0.833. The summed E-state index contributed by atoms with van der Waals surface area (Å²) in [4.78, 5) is 41.4. The first kappa shape index (κ1) is 26.0. The third kappa shape index (κ3) is 6.23. The van der Waals surface area contributed by atoms with Gasteiger partial charge in [-0.3, -0.25) is 14.6 Å². The zero-order chi connectivity index (χ0) is 21.9. The first-order chi connectivity index (χ1) is 12.0. The highest BCUT2D eigenvalue weighted by Crippen LogP contribution is 2.38. The number of rotatable bonds is 10. The summed E-state index contributed by atoms with van der Waals surface area (Å²) in [5.74, 6) is -4.77. The summed E-state index contributed by atoms with van der Waals surface area (Å²) in [6, 6.07) is 0. The lowest BCUT2D eigenvalue weighted by Crippen LogP contribution is -2.66. The largest absolute Gasteiger partial charge is 0.527 e. The van der Waals surface area contributed by atoms with Crippen molar-refractivity contribution in [3.05, 3.63) is 0 Å². The molecule has 0 aromatic heterocycles. The molecule has 0 heterocycles. The molecule has 10 N–H and O–H groups in total. The number of phosphoric acid groups is 1. The van der Waals surface area contributed by atoms with E-state index in [1.165, 1.54) is 0 Å². The number of ketones is 1. The molecule has 15 heteroatoms. The molecule has 0 saturated heterocycles. The van der Waals surface area contributed by atoms with Crippen molar-refractivity contribution in [2.45, 2.75) is 62.2 Å². The van der Waals surface area contributed by atoms with Gasteiger partial charge in [0.25, 0.3) is 5.60 Å². The molecule has 0 unspecified atom stereocenters. The van der Waals surface area contributed by atoms with Gasteiger partial charge in [-0.1, -0.05) is 0 Å². The Kier molecular flexibility index (Phi) is 9.09. The van der Waals surface area contributed by atoms with Crippen molar-refractivity contribution >= 4 is 19.6 Å². The van der Waals surface area contributed by atoms with E-state index in [-0.39, 0.29) is 0 Å². The minimum atomic E-state index is -5.69. The van der Waals surface area contributed by atoms with E-state index >= 15 is 0 Å². The standard InChI is InChI=1S/C12H23O14P/c1-3(13)5(15)7(17)8(18)10(20)12(22,9(19)6(16)4(2)14)11(21)26-27(23,24)25/h3-9,13-19,22H,1-2H3,(H2,23,24,25)/t3-,4+,5+,6-,7+,8-,9-,12+/m0/s1. The van der Waals surface area contributed by atoms with Crippen molar-refractivity contribution in [3.63, 3.8) is 0 Å². The van der Waals surface area contributed by atoms with E-state index in [1.807, 2.05) is 0 Å². The Morgan fingerprint density at radius 1 is 0.852 bits per heavy atom. The third-order valence-electron chi connectivity index (χ3n) is 3.57. The van der Waals surface area contributed by atoms with E-state index in [1.54, 1.807) is 0 Å². The average molecular weight is 422 g/mol. The van der Waals surface area contributed by atoms with E-state index in [0.29, 0.717) is 0 Å². The topological polar surface area (TPSA) is 263 Å². The predicted octanol–water partition coefficient (Wildman–Crippen LogP) is -5.51. The first-order valence-corrected chi connectivity index (χ1v) is 8.84. The Bertz CT molecular complexity index is 572. The van der Waals surface area contributed by atoms with Gasteiger partial charge in [-0.05, 0) is 13.8 Å². The van der Waals surface area contributed by atoms with Gasteiger partial charge in [-0.15, -0.1) is 0 Å². The highest BCUT2D eigenvalue weighted by Gasteiger charge is 2.59. The van der Waals surface area contributed by atoms with Gasteiger partial charge in [0.05, 0.1) is 12.2 Å². The summed E-state index contributed by atoms with van der Waals surface area (Å²) in [6.45, 7) is 1.78. The van der Waals surface area contributed by atoms with Crippen molar-refractivity contribution in [2.75, 3.05) is 0 Å². The lowest BCUT2D eigenvalue weighted by atomic mass is 9.82. The summed E-state index contributed by atoms with van der Waals surface area (Å²) < 4.78 is 14.3. The van der Waals surface area contributed by atoms with Crippen LogP contribution in [0.1, 0.15) is 13.8 Å². The molecule has 0 rings (SSSR count). The molecule has 0 aliphatic carbocycles. The summed E-state index contributed by atoms with van der Waals surface area (Å²) in [5, 5.41) is 77.0. The van der Waals surface area contributed by atoms with Gasteiger partial charge < -0.3 is 45.4 Å². The maximum absolute atomic E-state index is 12.3. The molecule has 8 atom stereocenters. The van der Waals surface area contributed by atoms with Gasteiger partial charge in [0.15, 0.2) is 0 Å². The van der Waals surface area contributed by atoms with Crippen LogP contribution < -0.4 is 0 Å². The molecule has 14 nitrogen and oxygen atoms in total. The van der Waals surface area contributed by atoms with E-state index in [4.69, 9.17) is 14.9 Å². The van der Waals surface area contributed by atoms with Crippen molar-refractivity contribution in [1.82, 2.24) is 0 Å². The second kappa shape index (κ2) is 9.45. The monoisotopic (exact) mass is 422 g/mol. The van der Waals surface area contributed by atoms with Crippen LogP contribution in [0.5, 0.6) is 0 Å². The zero-order valence-electron chi connectivity index (χ0n) is 14.1. The van der Waals surface area contributed by atoms with Crippen molar-refractivity contribution in [1.29, 1.82) is 0 Å². The fourth-order valence-electron chi connectivity index (χ4n) is 1.91. The smallest absolute Gasteiger partial charge is 0.391 e. The molecule has 0 fully saturated rings. The lowest BCUT2D eigenvalue weighted by molar-refractivity contribution is -0.199. The maximum atomic E-state index is 12.3. The Hall–Kier alpha value is -1.03. The molecular weight excluding hydrogens is 399 g/mol. The Labute approximate surface area is 152 Å². The van der Waals surface area contributed by atoms with E-state index < -0.39 is 67.9 Å². The van der Waals surface area contributed by atoms with Gasteiger partial charge in [0.1, 0.15) is 30.5 Å². The molecular formula is C12H23O14P. The predicted molar refractivity (Wildman–Crippen MR) is 81.5 cm³/mol. The van der Waals surface area contributed by atoms with E-state index in [2.05, 4.69) is 4.52 Å². The molecule has 0 aromatic carbocycles. The quantitative estimate of drug-likeness (QED) is 0.116. The fourth-order valence-corrected chi connectivity index (χ4v) is 2.26. The Morgan fingerprint density at radius 3 is 1.59 bits per heavy atom. The van der Waals surface area contributed by atoms with Gasteiger partial charge in [-0.2, -0.15) is 0 Å². The summed E-state index contributed by atoms with van der Waals surface area (Å²) >= 11 is 0. The molecule has 0 spiro atoms. The van der Waals surface area contributed by atoms with Crippen LogP contribution in [-0.4, -0.2) is 111 Å². The maximum Gasteiger partial charge on any atom is 0.527 e. The molecule has 0 aliphatic rings. The zero-order valence-corrected chi connectivity index (χ0v) is 15.0. The number of phosphoric ester groups is 1. The molecule has 27 heavy (non-hydrogen) atoms. The van der Waals surface area contributed by atoms with Crippen LogP contribution in [0, 0.1) is 0 Å². The Morgan fingerprint density at radius 2 is 1.26 bits per heavy atom. The van der Waals surface area contributed by atoms with E-state index in [9.17, 15) is 49.9 Å². The van der Waals surface area contributed by atoms with Crippen molar-refractivity contribution in [3.8, 4) is 0 Å². The summed E-state index contributed by atoms with van der Waals surface area (Å²) in [5.41, 5.74) is -4.09. The second-order valence-electron chi connectivity index (χ2n) is 5.84. The van der Waals surface area contributed by atoms with Crippen LogP contribution in [0.2, 0.25) is 0 Å². The van der Waals surface area contributed by atoms with Crippen LogP contribution in [0.25, 0.3) is 0 Å². The lowest BCUT2D eigenvalue weighted by Gasteiger charge is -2.35. The molecule has 160 valence electrons. The van der Waals surface area contributed by atoms with Crippen molar-refractivity contribution in [2.24, 2.45) is 0 Å².